The van der Waals surface area contributed by atoms with Gasteiger partial charge in [0.2, 0.25) is 0 Å². The SMILES string of the molecule is Cc1cc(Nc2cc3ncccc3c(NC3C[C@@H]4CC(C5CC(C)C5)C[C@H](C3)N4)n2)n[nH]1. The molecule has 6 rings (SSSR count). The van der Waals surface area contributed by atoms with Crippen LogP contribution in [-0.4, -0.2) is 38.3 Å². The summed E-state index contributed by atoms with van der Waals surface area (Å²) in [5.41, 5.74) is 1.95. The fourth-order valence-electron chi connectivity index (χ4n) is 6.32. The first-order valence-electron chi connectivity index (χ1n) is 12.2. The molecule has 2 aliphatic heterocycles. The third kappa shape index (κ3) is 3.94. The third-order valence-electron chi connectivity index (χ3n) is 7.76. The Bertz CT molecular complexity index is 1090. The van der Waals surface area contributed by atoms with Crippen LogP contribution < -0.4 is 16.0 Å². The number of aryl methyl sites for hydroxylation is 1. The van der Waals surface area contributed by atoms with Crippen molar-refractivity contribution in [1.82, 2.24) is 25.5 Å². The van der Waals surface area contributed by atoms with E-state index in [9.17, 15) is 0 Å². The summed E-state index contributed by atoms with van der Waals surface area (Å²) < 4.78 is 0. The number of anilines is 3. The van der Waals surface area contributed by atoms with Gasteiger partial charge < -0.3 is 16.0 Å². The average molecular weight is 432 g/mol. The zero-order valence-electron chi connectivity index (χ0n) is 18.9. The van der Waals surface area contributed by atoms with Gasteiger partial charge >= 0.3 is 0 Å². The van der Waals surface area contributed by atoms with Crippen molar-refractivity contribution in [2.75, 3.05) is 10.6 Å². The number of pyridine rings is 2. The van der Waals surface area contributed by atoms with E-state index in [0.717, 1.165) is 64.6 Å². The monoisotopic (exact) mass is 431 g/mol. The molecule has 2 saturated heterocycles. The van der Waals surface area contributed by atoms with Crippen LogP contribution in [0.2, 0.25) is 0 Å². The molecular weight excluding hydrogens is 398 g/mol. The van der Waals surface area contributed by atoms with Crippen LogP contribution in [0.1, 0.15) is 51.1 Å². The van der Waals surface area contributed by atoms with Crippen LogP contribution in [0.5, 0.6) is 0 Å². The third-order valence-corrected chi connectivity index (χ3v) is 7.76. The number of nitrogens with zero attached hydrogens (tertiary/aromatic N) is 3. The highest BCUT2D eigenvalue weighted by molar-refractivity contribution is 5.91. The number of hydrogen-bond acceptors (Lipinski definition) is 6. The summed E-state index contributed by atoms with van der Waals surface area (Å²) in [6.07, 6.45) is 9.73. The lowest BCUT2D eigenvalue weighted by atomic mass is 9.63. The summed E-state index contributed by atoms with van der Waals surface area (Å²) in [7, 11) is 0. The molecule has 1 aliphatic carbocycles. The Kier molecular flexibility index (Phi) is 5.01. The van der Waals surface area contributed by atoms with E-state index in [1.54, 1.807) is 0 Å². The maximum Gasteiger partial charge on any atom is 0.153 e. The van der Waals surface area contributed by atoms with E-state index in [2.05, 4.69) is 44.1 Å². The molecule has 5 heterocycles. The Morgan fingerprint density at radius 2 is 1.75 bits per heavy atom. The lowest BCUT2D eigenvalue weighted by Crippen LogP contribution is -2.55. The van der Waals surface area contributed by atoms with Crippen LogP contribution in [0.25, 0.3) is 10.9 Å². The Morgan fingerprint density at radius 3 is 2.47 bits per heavy atom. The molecule has 4 N–H and O–H groups in total. The van der Waals surface area contributed by atoms with Crippen LogP contribution in [0.4, 0.5) is 17.5 Å². The molecule has 2 unspecified atom stereocenters. The van der Waals surface area contributed by atoms with Gasteiger partial charge in [-0.2, -0.15) is 5.10 Å². The summed E-state index contributed by atoms with van der Waals surface area (Å²) in [5, 5.41) is 19.4. The average Bonchev–Trinajstić information content (AvgIpc) is 3.15. The van der Waals surface area contributed by atoms with E-state index >= 15 is 0 Å². The maximum atomic E-state index is 4.93. The minimum Gasteiger partial charge on any atom is -0.367 e. The number of nitrogens with one attached hydrogen (secondary N) is 4. The largest absolute Gasteiger partial charge is 0.367 e. The van der Waals surface area contributed by atoms with Crippen molar-refractivity contribution in [2.24, 2.45) is 17.8 Å². The maximum absolute atomic E-state index is 4.93. The van der Waals surface area contributed by atoms with E-state index in [1.807, 2.05) is 31.3 Å². The van der Waals surface area contributed by atoms with Crippen LogP contribution in [0.15, 0.2) is 30.5 Å². The standard InChI is InChI=1S/C25H33N7/c1-14-6-16(7-14)17-9-18-11-20(12-19(10-17)27-18)28-25-21-4-3-5-26-22(21)13-23(30-25)29-24-8-15(2)31-32-24/h3-5,8,13-14,16-20,27H,6-7,9-12H2,1-2H3,(H3,28,29,30,31,32)/t14?,16?,17?,18-,19+,20?. The normalized spacial score (nSPS) is 31.8. The molecule has 3 aromatic heterocycles. The molecule has 0 spiro atoms. The molecule has 32 heavy (non-hydrogen) atoms. The van der Waals surface area contributed by atoms with E-state index in [4.69, 9.17) is 4.98 Å². The van der Waals surface area contributed by atoms with Crippen molar-refractivity contribution in [3.8, 4) is 0 Å². The number of aromatic nitrogens is 4. The van der Waals surface area contributed by atoms with E-state index in [1.165, 1.54) is 25.7 Å². The van der Waals surface area contributed by atoms with Gasteiger partial charge in [0, 0.05) is 47.5 Å². The summed E-state index contributed by atoms with van der Waals surface area (Å²) in [5.74, 6) is 5.30. The molecule has 168 valence electrons. The number of rotatable bonds is 5. The number of hydrogen-bond donors (Lipinski definition) is 4. The van der Waals surface area contributed by atoms with Gasteiger partial charge in [-0.25, -0.2) is 4.98 Å². The molecule has 0 amide bonds. The predicted octanol–water partition coefficient (Wildman–Crippen LogP) is 4.76. The van der Waals surface area contributed by atoms with E-state index < -0.39 is 0 Å². The minimum atomic E-state index is 0.436. The molecule has 4 atom stereocenters. The van der Waals surface area contributed by atoms with Gasteiger partial charge in [-0.05, 0) is 75.3 Å². The van der Waals surface area contributed by atoms with Gasteiger partial charge in [0.1, 0.15) is 11.6 Å². The van der Waals surface area contributed by atoms with Gasteiger partial charge in [0.15, 0.2) is 5.82 Å². The Morgan fingerprint density at radius 1 is 0.969 bits per heavy atom. The number of aromatic amines is 1. The molecule has 3 aliphatic rings. The first-order chi connectivity index (χ1) is 15.6. The molecule has 1 saturated carbocycles. The van der Waals surface area contributed by atoms with Crippen molar-refractivity contribution in [3.63, 3.8) is 0 Å². The van der Waals surface area contributed by atoms with Crippen LogP contribution in [-0.2, 0) is 0 Å². The highest BCUT2D eigenvalue weighted by atomic mass is 15.2. The Balaban J connectivity index is 1.20. The van der Waals surface area contributed by atoms with Gasteiger partial charge in [-0.1, -0.05) is 6.92 Å². The number of H-pyrrole nitrogens is 1. The zero-order valence-corrected chi connectivity index (χ0v) is 18.9. The first-order valence-corrected chi connectivity index (χ1v) is 12.2. The summed E-state index contributed by atoms with van der Waals surface area (Å²) in [6.45, 7) is 4.39. The zero-order chi connectivity index (χ0) is 21.7. The second-order valence-electron chi connectivity index (χ2n) is 10.4. The molecule has 0 radical (unpaired) electrons. The first kappa shape index (κ1) is 20.0. The number of piperidine rings is 2. The van der Waals surface area contributed by atoms with Crippen LogP contribution >= 0.6 is 0 Å². The van der Waals surface area contributed by atoms with Crippen molar-refractivity contribution in [3.05, 3.63) is 36.2 Å². The lowest BCUT2D eigenvalue weighted by Gasteiger charge is -2.49. The lowest BCUT2D eigenvalue weighted by molar-refractivity contribution is 0.0661. The van der Waals surface area contributed by atoms with Gasteiger partial charge in [-0.3, -0.25) is 10.1 Å². The summed E-state index contributed by atoms with van der Waals surface area (Å²) >= 11 is 0. The van der Waals surface area contributed by atoms with Crippen molar-refractivity contribution < 1.29 is 0 Å². The van der Waals surface area contributed by atoms with Crippen molar-refractivity contribution >= 4 is 28.4 Å². The van der Waals surface area contributed by atoms with Gasteiger partial charge in [-0.15, -0.1) is 0 Å². The Labute approximate surface area is 189 Å². The molecule has 7 nitrogen and oxygen atoms in total. The number of fused-ring (bicyclic) bond motifs is 3. The fourth-order valence-corrected chi connectivity index (χ4v) is 6.32. The van der Waals surface area contributed by atoms with Gasteiger partial charge in [0.05, 0.1) is 5.52 Å². The molecule has 3 fully saturated rings. The van der Waals surface area contributed by atoms with Crippen LogP contribution in [0, 0.1) is 24.7 Å². The summed E-state index contributed by atoms with van der Waals surface area (Å²) in [4.78, 5) is 9.52. The predicted molar refractivity (Wildman–Crippen MR) is 128 cm³/mol. The Hall–Kier alpha value is -2.67. The van der Waals surface area contributed by atoms with Crippen molar-refractivity contribution in [1.29, 1.82) is 0 Å². The molecular formula is C25H33N7. The topological polar surface area (TPSA) is 90.6 Å². The second kappa shape index (κ2) is 8.03. The second-order valence-corrected chi connectivity index (χ2v) is 10.4. The highest BCUT2D eigenvalue weighted by Crippen LogP contribution is 2.45. The minimum absolute atomic E-state index is 0.436. The molecule has 0 aromatic carbocycles. The van der Waals surface area contributed by atoms with E-state index in [0.29, 0.717) is 18.1 Å². The summed E-state index contributed by atoms with van der Waals surface area (Å²) in [6, 6.07) is 9.75. The van der Waals surface area contributed by atoms with Gasteiger partial charge in [0.25, 0.3) is 0 Å². The smallest absolute Gasteiger partial charge is 0.153 e. The molecule has 3 aromatic rings. The van der Waals surface area contributed by atoms with Crippen molar-refractivity contribution in [2.45, 2.75) is 70.5 Å². The fraction of sp³-hybridized carbons (Fsp3) is 0.560. The van der Waals surface area contributed by atoms with Crippen LogP contribution in [0.3, 0.4) is 0 Å². The quantitative estimate of drug-likeness (QED) is 0.466. The molecule has 7 heteroatoms. The van der Waals surface area contributed by atoms with E-state index in [-0.39, 0.29) is 0 Å². The molecule has 2 bridgehead atoms. The highest BCUT2D eigenvalue weighted by Gasteiger charge is 2.41.